The minimum atomic E-state index is 0.197. The van der Waals surface area contributed by atoms with E-state index in [9.17, 15) is 0 Å². The molecule has 3 aromatic carbocycles. The summed E-state index contributed by atoms with van der Waals surface area (Å²) in [5.74, 6) is 0.867. The van der Waals surface area contributed by atoms with Crippen LogP contribution in [0.4, 0.5) is 5.69 Å². The Morgan fingerprint density at radius 3 is 2.16 bits per heavy atom. The number of thiocarbonyl (C=S) groups is 1. The molecule has 0 amide bonds. The summed E-state index contributed by atoms with van der Waals surface area (Å²) in [6, 6.07) is 27.0. The van der Waals surface area contributed by atoms with Gasteiger partial charge in [-0.05, 0) is 66.7 Å². The van der Waals surface area contributed by atoms with Crippen molar-refractivity contribution in [1.29, 1.82) is 0 Å². The van der Waals surface area contributed by atoms with Crippen molar-refractivity contribution in [3.63, 3.8) is 0 Å². The first-order valence-corrected chi connectivity index (χ1v) is 11.8. The fraction of sp³-hybridized carbons (Fsp3) is 0.269. The summed E-state index contributed by atoms with van der Waals surface area (Å²) in [6.07, 6.45) is 0. The molecule has 4 nitrogen and oxygen atoms in total. The van der Waals surface area contributed by atoms with Gasteiger partial charge in [-0.15, -0.1) is 0 Å². The van der Waals surface area contributed by atoms with Gasteiger partial charge in [0.2, 0.25) is 0 Å². The Hall–Kier alpha value is -2.60. The highest BCUT2D eigenvalue weighted by molar-refractivity contribution is 7.80. The number of rotatable bonds is 6. The number of piperazine rings is 1. The van der Waals surface area contributed by atoms with Crippen LogP contribution < -0.4 is 10.1 Å². The summed E-state index contributed by atoms with van der Waals surface area (Å²) in [6.45, 7) is 6.24. The van der Waals surface area contributed by atoms with Crippen molar-refractivity contribution >= 4 is 34.6 Å². The Labute approximate surface area is 200 Å². The predicted molar refractivity (Wildman–Crippen MR) is 137 cm³/mol. The zero-order valence-corrected chi connectivity index (χ0v) is 19.8. The van der Waals surface area contributed by atoms with E-state index in [2.05, 4.69) is 57.6 Å². The fourth-order valence-corrected chi connectivity index (χ4v) is 4.51. The van der Waals surface area contributed by atoms with E-state index >= 15 is 0 Å². The van der Waals surface area contributed by atoms with E-state index in [0.717, 1.165) is 47.8 Å². The highest BCUT2D eigenvalue weighted by Crippen LogP contribution is 2.30. The smallest absolute Gasteiger partial charge is 0.173 e. The number of hydrogen-bond acceptors (Lipinski definition) is 3. The van der Waals surface area contributed by atoms with Crippen LogP contribution in [0.5, 0.6) is 5.75 Å². The number of nitrogens with zero attached hydrogens (tertiary/aromatic N) is 2. The molecule has 0 aromatic heterocycles. The number of nitrogens with one attached hydrogen (secondary N) is 1. The third kappa shape index (κ3) is 5.60. The summed E-state index contributed by atoms with van der Waals surface area (Å²) in [4.78, 5) is 4.76. The van der Waals surface area contributed by atoms with Crippen LogP contribution in [0.25, 0.3) is 0 Å². The van der Waals surface area contributed by atoms with E-state index in [-0.39, 0.29) is 6.04 Å². The molecule has 1 saturated heterocycles. The molecule has 4 rings (SSSR count). The third-order valence-corrected chi connectivity index (χ3v) is 6.30. The first-order chi connectivity index (χ1) is 15.6. The molecule has 1 fully saturated rings. The van der Waals surface area contributed by atoms with Gasteiger partial charge in [-0.2, -0.15) is 0 Å². The van der Waals surface area contributed by atoms with Gasteiger partial charge in [-0.3, -0.25) is 4.90 Å². The molecule has 0 aliphatic carbocycles. The van der Waals surface area contributed by atoms with Crippen molar-refractivity contribution in [1.82, 2.24) is 9.80 Å². The average molecular weight is 466 g/mol. The van der Waals surface area contributed by atoms with Crippen LogP contribution >= 0.6 is 23.8 Å². The molecule has 0 bridgehead atoms. The second kappa shape index (κ2) is 10.8. The maximum Gasteiger partial charge on any atom is 0.173 e. The maximum atomic E-state index is 6.14. The van der Waals surface area contributed by atoms with Gasteiger partial charge in [-0.25, -0.2) is 0 Å². The number of ether oxygens (including phenoxy) is 1. The molecule has 1 N–H and O–H groups in total. The predicted octanol–water partition coefficient (Wildman–Crippen LogP) is 5.84. The van der Waals surface area contributed by atoms with Gasteiger partial charge >= 0.3 is 0 Å². The van der Waals surface area contributed by atoms with E-state index in [4.69, 9.17) is 28.6 Å². The van der Waals surface area contributed by atoms with Gasteiger partial charge < -0.3 is 15.0 Å². The first-order valence-electron chi connectivity index (χ1n) is 11.0. The maximum absolute atomic E-state index is 6.14. The van der Waals surface area contributed by atoms with Crippen molar-refractivity contribution in [2.45, 2.75) is 13.0 Å². The van der Waals surface area contributed by atoms with Gasteiger partial charge in [0.1, 0.15) is 5.75 Å². The van der Waals surface area contributed by atoms with Gasteiger partial charge in [0.15, 0.2) is 5.11 Å². The molecule has 0 spiro atoms. The van der Waals surface area contributed by atoms with E-state index in [1.807, 2.05) is 43.3 Å². The van der Waals surface area contributed by atoms with Crippen molar-refractivity contribution in [3.05, 3.63) is 95.0 Å². The first kappa shape index (κ1) is 22.6. The van der Waals surface area contributed by atoms with Crippen LogP contribution in [0.3, 0.4) is 0 Å². The molecule has 1 aliphatic heterocycles. The van der Waals surface area contributed by atoms with Crippen molar-refractivity contribution in [2.24, 2.45) is 0 Å². The number of hydrogen-bond donors (Lipinski definition) is 1. The molecule has 1 unspecified atom stereocenters. The van der Waals surface area contributed by atoms with Crippen LogP contribution in [0, 0.1) is 0 Å². The Morgan fingerprint density at radius 1 is 0.906 bits per heavy atom. The summed E-state index contributed by atoms with van der Waals surface area (Å²) >= 11 is 11.8. The van der Waals surface area contributed by atoms with Crippen molar-refractivity contribution in [3.8, 4) is 5.75 Å². The summed E-state index contributed by atoms with van der Waals surface area (Å²) < 4.78 is 5.51. The molecule has 1 aliphatic rings. The monoisotopic (exact) mass is 465 g/mol. The lowest BCUT2D eigenvalue weighted by Crippen LogP contribution is -2.50. The van der Waals surface area contributed by atoms with Crippen molar-refractivity contribution in [2.75, 3.05) is 38.1 Å². The Kier molecular flexibility index (Phi) is 7.63. The molecule has 6 heteroatoms. The van der Waals surface area contributed by atoms with E-state index in [0.29, 0.717) is 6.61 Å². The van der Waals surface area contributed by atoms with Crippen LogP contribution in [0.2, 0.25) is 5.02 Å². The molecular formula is C26H28ClN3OS. The molecule has 3 aromatic rings. The van der Waals surface area contributed by atoms with E-state index < -0.39 is 0 Å². The molecule has 0 radical (unpaired) electrons. The minimum Gasteiger partial charge on any atom is -0.494 e. The van der Waals surface area contributed by atoms with Gasteiger partial charge in [0.25, 0.3) is 0 Å². The molecule has 0 saturated carbocycles. The van der Waals surface area contributed by atoms with Gasteiger partial charge in [0, 0.05) is 36.9 Å². The average Bonchev–Trinajstić information content (AvgIpc) is 2.83. The molecule has 1 atom stereocenters. The summed E-state index contributed by atoms with van der Waals surface area (Å²) in [5.41, 5.74) is 3.52. The number of benzene rings is 3. The topological polar surface area (TPSA) is 27.7 Å². The zero-order chi connectivity index (χ0) is 22.3. The highest BCUT2D eigenvalue weighted by atomic mass is 35.5. The Balaban J connectivity index is 1.41. The van der Waals surface area contributed by atoms with Crippen molar-refractivity contribution < 1.29 is 4.74 Å². The standard InChI is InChI=1S/C26H28ClN3OS/c1-2-31-24-14-12-23(13-15-24)28-26(32)30-18-16-29(17-19-30)25(20-6-4-3-5-7-20)21-8-10-22(27)11-9-21/h3-15,25H,2,16-19H2,1H3,(H,28,32). The summed E-state index contributed by atoms with van der Waals surface area (Å²) in [5, 5.41) is 4.88. The second-order valence-corrected chi connectivity index (χ2v) is 8.60. The quantitative estimate of drug-likeness (QED) is 0.461. The van der Waals surface area contributed by atoms with Crippen LogP contribution in [-0.4, -0.2) is 47.7 Å². The summed E-state index contributed by atoms with van der Waals surface area (Å²) in [7, 11) is 0. The van der Waals surface area contributed by atoms with Crippen LogP contribution in [-0.2, 0) is 0 Å². The number of halogens is 1. The molecule has 1 heterocycles. The SMILES string of the molecule is CCOc1ccc(NC(=S)N2CCN(C(c3ccccc3)c3ccc(Cl)cc3)CC2)cc1. The second-order valence-electron chi connectivity index (χ2n) is 7.78. The Bertz CT molecular complexity index is 1000. The normalized spacial score (nSPS) is 15.2. The van der Waals surface area contributed by atoms with E-state index in [1.165, 1.54) is 11.1 Å². The van der Waals surface area contributed by atoms with Crippen LogP contribution in [0.15, 0.2) is 78.9 Å². The lowest BCUT2D eigenvalue weighted by molar-refractivity contribution is 0.151. The van der Waals surface area contributed by atoms with E-state index in [1.54, 1.807) is 0 Å². The third-order valence-electron chi connectivity index (χ3n) is 5.68. The Morgan fingerprint density at radius 2 is 1.53 bits per heavy atom. The fourth-order valence-electron chi connectivity index (χ4n) is 4.08. The number of anilines is 1. The van der Waals surface area contributed by atoms with Crippen LogP contribution in [0.1, 0.15) is 24.1 Å². The lowest BCUT2D eigenvalue weighted by Gasteiger charge is -2.40. The van der Waals surface area contributed by atoms with Gasteiger partial charge in [-0.1, -0.05) is 54.1 Å². The molecular weight excluding hydrogens is 438 g/mol. The minimum absolute atomic E-state index is 0.197. The molecule has 166 valence electrons. The zero-order valence-electron chi connectivity index (χ0n) is 18.2. The lowest BCUT2D eigenvalue weighted by atomic mass is 9.96. The molecule has 32 heavy (non-hydrogen) atoms. The highest BCUT2D eigenvalue weighted by Gasteiger charge is 2.27. The van der Waals surface area contributed by atoms with Gasteiger partial charge in [0.05, 0.1) is 12.6 Å². The largest absolute Gasteiger partial charge is 0.494 e.